The maximum absolute atomic E-state index is 13.5. The minimum Gasteiger partial charge on any atom is -0.302 e. The number of hydrogen-bond acceptors (Lipinski definition) is 4. The number of halogens is 2. The van der Waals surface area contributed by atoms with E-state index in [1.54, 1.807) is 0 Å². The Kier molecular flexibility index (Phi) is 3.19. The molecule has 0 unspecified atom stereocenters. The highest BCUT2D eigenvalue weighted by molar-refractivity contribution is 5.59. The van der Waals surface area contributed by atoms with Crippen LogP contribution in [-0.2, 0) is 13.0 Å². The van der Waals surface area contributed by atoms with Crippen molar-refractivity contribution in [3.63, 3.8) is 0 Å². The molecule has 1 aliphatic rings. The van der Waals surface area contributed by atoms with Gasteiger partial charge in [0.15, 0.2) is 17.5 Å². The Hall–Kier alpha value is -2.61. The number of rotatable bonds is 2. The molecule has 118 valence electrons. The maximum Gasteiger partial charge on any atom is 0.183 e. The fourth-order valence-electron chi connectivity index (χ4n) is 2.82. The number of hydrogen-bond donors (Lipinski definition) is 1. The first-order chi connectivity index (χ1) is 11.1. The van der Waals surface area contributed by atoms with E-state index in [2.05, 4.69) is 25.2 Å². The molecule has 0 atom stereocenters. The first kappa shape index (κ1) is 14.0. The van der Waals surface area contributed by atoms with Crippen LogP contribution in [0.15, 0.2) is 24.5 Å². The van der Waals surface area contributed by atoms with Crippen LogP contribution in [-0.4, -0.2) is 43.5 Å². The quantitative estimate of drug-likeness (QED) is 0.785. The van der Waals surface area contributed by atoms with E-state index in [0.717, 1.165) is 42.9 Å². The third kappa shape index (κ3) is 2.31. The minimum atomic E-state index is -0.923. The van der Waals surface area contributed by atoms with Crippen LogP contribution in [0.25, 0.3) is 17.2 Å². The van der Waals surface area contributed by atoms with Crippen molar-refractivity contribution in [3.8, 4) is 17.2 Å². The predicted molar refractivity (Wildman–Crippen MR) is 78.9 cm³/mol. The molecule has 0 saturated carbocycles. The van der Waals surface area contributed by atoms with Crippen LogP contribution in [0.2, 0.25) is 0 Å². The first-order valence-corrected chi connectivity index (χ1v) is 7.24. The van der Waals surface area contributed by atoms with Crippen molar-refractivity contribution in [3.05, 3.63) is 47.4 Å². The van der Waals surface area contributed by atoms with E-state index in [0.29, 0.717) is 17.2 Å². The van der Waals surface area contributed by atoms with Crippen LogP contribution >= 0.6 is 0 Å². The molecule has 0 aliphatic carbocycles. The highest BCUT2D eigenvalue weighted by atomic mass is 19.2. The number of fused-ring (bicyclic) bond motifs is 1. The smallest absolute Gasteiger partial charge is 0.183 e. The van der Waals surface area contributed by atoms with Gasteiger partial charge in [-0.05, 0) is 19.2 Å². The van der Waals surface area contributed by atoms with Gasteiger partial charge in [0.25, 0.3) is 0 Å². The molecular weight excluding hydrogens is 302 g/mol. The van der Waals surface area contributed by atoms with E-state index in [-0.39, 0.29) is 0 Å². The number of likely N-dealkylation sites (N-methyl/N-ethyl adjacent to an activating group) is 1. The van der Waals surface area contributed by atoms with Crippen molar-refractivity contribution in [2.45, 2.75) is 13.0 Å². The van der Waals surface area contributed by atoms with Crippen LogP contribution in [0.1, 0.15) is 11.3 Å². The molecule has 6 nitrogen and oxygen atoms in total. The summed E-state index contributed by atoms with van der Waals surface area (Å²) in [5.41, 5.74) is 3.24. The lowest BCUT2D eigenvalue weighted by Crippen LogP contribution is -2.26. The van der Waals surface area contributed by atoms with E-state index in [4.69, 9.17) is 0 Å². The van der Waals surface area contributed by atoms with Gasteiger partial charge in [-0.25, -0.2) is 18.4 Å². The third-order valence-corrected chi connectivity index (χ3v) is 4.03. The monoisotopic (exact) mass is 316 g/mol. The molecule has 8 heteroatoms. The van der Waals surface area contributed by atoms with Crippen LogP contribution < -0.4 is 0 Å². The number of aromatic nitrogens is 5. The molecule has 0 fully saturated rings. The van der Waals surface area contributed by atoms with Gasteiger partial charge >= 0.3 is 0 Å². The molecule has 3 heterocycles. The number of H-pyrrole nitrogens is 1. The van der Waals surface area contributed by atoms with E-state index in [1.165, 1.54) is 17.1 Å². The van der Waals surface area contributed by atoms with Gasteiger partial charge in [0.05, 0.1) is 5.69 Å². The zero-order valence-corrected chi connectivity index (χ0v) is 12.4. The fraction of sp³-hybridized carbons (Fsp3) is 0.267. The van der Waals surface area contributed by atoms with Crippen LogP contribution in [0.4, 0.5) is 8.78 Å². The molecule has 0 amide bonds. The van der Waals surface area contributed by atoms with Gasteiger partial charge < -0.3 is 4.90 Å². The average molecular weight is 316 g/mol. The van der Waals surface area contributed by atoms with Gasteiger partial charge in [-0.2, -0.15) is 10.2 Å². The summed E-state index contributed by atoms with van der Waals surface area (Å²) >= 11 is 0. The van der Waals surface area contributed by atoms with Gasteiger partial charge in [0.2, 0.25) is 0 Å². The normalized spacial score (nSPS) is 14.9. The van der Waals surface area contributed by atoms with Crippen molar-refractivity contribution >= 4 is 0 Å². The Bertz CT molecular complexity index is 869. The molecule has 0 saturated heterocycles. The Labute approximate surface area is 130 Å². The van der Waals surface area contributed by atoms with E-state index in [9.17, 15) is 8.78 Å². The molecule has 0 radical (unpaired) electrons. The summed E-state index contributed by atoms with van der Waals surface area (Å²) in [4.78, 5) is 6.45. The summed E-state index contributed by atoms with van der Waals surface area (Å²) in [5, 5.41) is 11.5. The molecule has 4 rings (SSSR count). The Morgan fingerprint density at radius 3 is 2.91 bits per heavy atom. The van der Waals surface area contributed by atoms with E-state index >= 15 is 0 Å². The first-order valence-electron chi connectivity index (χ1n) is 7.24. The second kappa shape index (κ2) is 5.24. The van der Waals surface area contributed by atoms with Gasteiger partial charge in [-0.15, -0.1) is 0 Å². The summed E-state index contributed by atoms with van der Waals surface area (Å²) in [6.45, 7) is 1.72. The zero-order chi connectivity index (χ0) is 16.0. The molecule has 1 aliphatic heterocycles. The summed E-state index contributed by atoms with van der Waals surface area (Å²) < 4.78 is 28.1. The zero-order valence-electron chi connectivity index (χ0n) is 12.4. The minimum absolute atomic E-state index is 0.400. The predicted octanol–water partition coefficient (Wildman–Crippen LogP) is 1.92. The van der Waals surface area contributed by atoms with Crippen LogP contribution in [0.3, 0.4) is 0 Å². The number of nitrogens with zero attached hydrogens (tertiary/aromatic N) is 5. The lowest BCUT2D eigenvalue weighted by molar-refractivity contribution is 0.312. The van der Waals surface area contributed by atoms with Gasteiger partial charge in [-0.1, -0.05) is 0 Å². The van der Waals surface area contributed by atoms with Crippen molar-refractivity contribution < 1.29 is 8.78 Å². The topological polar surface area (TPSA) is 62.6 Å². The van der Waals surface area contributed by atoms with E-state index in [1.807, 2.05) is 7.05 Å². The van der Waals surface area contributed by atoms with Crippen LogP contribution in [0, 0.1) is 11.6 Å². The molecular formula is C15H14F2N6. The van der Waals surface area contributed by atoms with Crippen molar-refractivity contribution in [2.24, 2.45) is 0 Å². The highest BCUT2D eigenvalue weighted by Gasteiger charge is 2.24. The Morgan fingerprint density at radius 1 is 1.22 bits per heavy atom. The lowest BCUT2D eigenvalue weighted by Gasteiger charge is -2.22. The second-order valence-corrected chi connectivity index (χ2v) is 5.61. The van der Waals surface area contributed by atoms with Gasteiger partial charge in [0, 0.05) is 36.8 Å². The molecule has 0 bridgehead atoms. The van der Waals surface area contributed by atoms with Crippen molar-refractivity contribution in [1.82, 2.24) is 29.9 Å². The largest absolute Gasteiger partial charge is 0.302 e. The summed E-state index contributed by atoms with van der Waals surface area (Å²) in [6.07, 6.45) is 2.27. The summed E-state index contributed by atoms with van der Waals surface area (Å²) in [6, 6.07) is 3.63. The Morgan fingerprint density at radius 2 is 2.09 bits per heavy atom. The summed E-state index contributed by atoms with van der Waals surface area (Å²) in [5.74, 6) is -1.31. The molecule has 0 spiro atoms. The number of aromatic amines is 1. The maximum atomic E-state index is 13.5. The standard InChI is InChI=1S/C15H14F2N6/c1-22-5-4-13-10(7-22)14(21-20-13)15-18-8-19-23(15)9-2-3-11(16)12(17)6-9/h2-3,6,8H,4-5,7H2,1H3,(H,20,21). The molecule has 23 heavy (non-hydrogen) atoms. The SMILES string of the molecule is CN1CCc2[nH]nc(-c3ncnn3-c3ccc(F)c(F)c3)c2C1. The highest BCUT2D eigenvalue weighted by Crippen LogP contribution is 2.28. The third-order valence-electron chi connectivity index (χ3n) is 4.03. The van der Waals surface area contributed by atoms with Gasteiger partial charge in [0.1, 0.15) is 12.0 Å². The average Bonchev–Trinajstić information content (AvgIpc) is 3.15. The number of nitrogens with one attached hydrogen (secondary N) is 1. The van der Waals surface area contributed by atoms with Crippen LogP contribution in [0.5, 0.6) is 0 Å². The van der Waals surface area contributed by atoms with Crippen molar-refractivity contribution in [2.75, 3.05) is 13.6 Å². The number of benzene rings is 1. The Balaban J connectivity index is 1.82. The molecule has 2 aromatic heterocycles. The van der Waals surface area contributed by atoms with Crippen molar-refractivity contribution in [1.29, 1.82) is 0 Å². The lowest BCUT2D eigenvalue weighted by atomic mass is 10.1. The summed E-state index contributed by atoms with van der Waals surface area (Å²) in [7, 11) is 2.04. The van der Waals surface area contributed by atoms with E-state index < -0.39 is 11.6 Å². The molecule has 1 N–H and O–H groups in total. The second-order valence-electron chi connectivity index (χ2n) is 5.61. The fourth-order valence-corrected chi connectivity index (χ4v) is 2.82. The molecule has 3 aromatic rings. The van der Waals surface area contributed by atoms with Gasteiger partial charge in [-0.3, -0.25) is 5.10 Å². The molecule has 1 aromatic carbocycles.